The number of likely N-dealkylation sites (N-methyl/N-ethyl adjacent to an activating group) is 1. The fourth-order valence-corrected chi connectivity index (χ4v) is 3.89. The number of nitrogens with zero attached hydrogens (tertiary/aromatic N) is 5. The van der Waals surface area contributed by atoms with Crippen molar-refractivity contribution < 1.29 is 14.0 Å². The van der Waals surface area contributed by atoms with Gasteiger partial charge in [-0.2, -0.15) is 5.10 Å². The summed E-state index contributed by atoms with van der Waals surface area (Å²) < 4.78 is 16.6. The van der Waals surface area contributed by atoms with Gasteiger partial charge in [-0.15, -0.1) is 0 Å². The molecule has 32 heavy (non-hydrogen) atoms. The quantitative estimate of drug-likeness (QED) is 0.366. The summed E-state index contributed by atoms with van der Waals surface area (Å²) in [6.07, 6.45) is 1.71. The molecule has 0 bridgehead atoms. The first-order valence-corrected chi connectivity index (χ1v) is 10.3. The maximum atomic E-state index is 14.9. The molecule has 3 N–H and O–H groups in total. The molecule has 3 aromatic rings. The molecule has 2 aromatic carbocycles. The Balaban J connectivity index is 1.72. The molecule has 9 nitrogen and oxygen atoms in total. The van der Waals surface area contributed by atoms with Gasteiger partial charge in [0.1, 0.15) is 5.82 Å². The maximum Gasteiger partial charge on any atom is 0.324 e. The number of carbonyl (C=O) groups excluding carboxylic acids is 2. The highest BCUT2D eigenvalue weighted by atomic mass is 19.1. The average molecular weight is 439 g/mol. The SMILES string of the molecule is CN1CCN(C(=O)N(Cc2ccc(C(=O)NN)cc2F)c2cccc3c2cnn3C)CC1. The van der Waals surface area contributed by atoms with Crippen LogP contribution in [0.1, 0.15) is 15.9 Å². The molecule has 1 aromatic heterocycles. The number of hydrogen-bond acceptors (Lipinski definition) is 5. The highest BCUT2D eigenvalue weighted by Gasteiger charge is 2.27. The zero-order valence-corrected chi connectivity index (χ0v) is 18.1. The summed E-state index contributed by atoms with van der Waals surface area (Å²) in [4.78, 5) is 30.8. The minimum atomic E-state index is -0.583. The summed E-state index contributed by atoms with van der Waals surface area (Å²) in [6.45, 7) is 2.73. The number of hydrogen-bond donors (Lipinski definition) is 2. The Morgan fingerprint density at radius 2 is 1.91 bits per heavy atom. The molecular formula is C22H26FN7O2. The molecule has 1 fully saturated rings. The van der Waals surface area contributed by atoms with Crippen LogP contribution < -0.4 is 16.2 Å². The number of amides is 3. The number of anilines is 1. The summed E-state index contributed by atoms with van der Waals surface area (Å²) in [5.41, 5.74) is 3.92. The second kappa shape index (κ2) is 8.93. The van der Waals surface area contributed by atoms with Crippen molar-refractivity contribution in [3.05, 3.63) is 59.5 Å². The van der Waals surface area contributed by atoms with Gasteiger partial charge in [-0.05, 0) is 31.3 Å². The van der Waals surface area contributed by atoms with Crippen LogP contribution in [-0.4, -0.2) is 64.7 Å². The van der Waals surface area contributed by atoms with Gasteiger partial charge in [0.25, 0.3) is 5.91 Å². The number of carbonyl (C=O) groups is 2. The first-order chi connectivity index (χ1) is 15.4. The van der Waals surface area contributed by atoms with Gasteiger partial charge in [0.05, 0.1) is 23.9 Å². The van der Waals surface area contributed by atoms with Crippen molar-refractivity contribution in [2.75, 3.05) is 38.1 Å². The maximum absolute atomic E-state index is 14.9. The molecule has 2 heterocycles. The zero-order chi connectivity index (χ0) is 22.8. The number of nitrogens with one attached hydrogen (secondary N) is 1. The highest BCUT2D eigenvalue weighted by molar-refractivity contribution is 6.02. The number of urea groups is 1. The number of fused-ring (bicyclic) bond motifs is 1. The Kier molecular flexibility index (Phi) is 6.06. The monoisotopic (exact) mass is 439 g/mol. The molecule has 4 rings (SSSR count). The van der Waals surface area contributed by atoms with Gasteiger partial charge in [0, 0.05) is 49.7 Å². The van der Waals surface area contributed by atoms with E-state index in [1.165, 1.54) is 12.1 Å². The van der Waals surface area contributed by atoms with Gasteiger partial charge in [-0.1, -0.05) is 12.1 Å². The minimum absolute atomic E-state index is 0.00946. The van der Waals surface area contributed by atoms with Crippen LogP contribution in [0.5, 0.6) is 0 Å². The van der Waals surface area contributed by atoms with Crippen molar-refractivity contribution in [3.8, 4) is 0 Å². The molecule has 1 saturated heterocycles. The van der Waals surface area contributed by atoms with Gasteiger partial charge in [0.15, 0.2) is 0 Å². The lowest BCUT2D eigenvalue weighted by molar-refractivity contribution is 0.0953. The van der Waals surface area contributed by atoms with Gasteiger partial charge in [0.2, 0.25) is 0 Å². The molecule has 3 amide bonds. The van der Waals surface area contributed by atoms with Crippen LogP contribution in [0, 0.1) is 5.82 Å². The third-order valence-corrected chi connectivity index (χ3v) is 5.84. The lowest BCUT2D eigenvalue weighted by Crippen LogP contribution is -2.52. The van der Waals surface area contributed by atoms with E-state index in [4.69, 9.17) is 5.84 Å². The van der Waals surface area contributed by atoms with Crippen LogP contribution in [0.3, 0.4) is 0 Å². The molecule has 0 radical (unpaired) electrons. The summed E-state index contributed by atoms with van der Waals surface area (Å²) in [5.74, 6) is 3.98. The van der Waals surface area contributed by atoms with Crippen LogP contribution in [-0.2, 0) is 13.6 Å². The van der Waals surface area contributed by atoms with Crippen LogP contribution in [0.25, 0.3) is 10.9 Å². The first kappa shape index (κ1) is 21.7. The smallest absolute Gasteiger partial charge is 0.322 e. The van der Waals surface area contributed by atoms with E-state index in [2.05, 4.69) is 10.00 Å². The van der Waals surface area contributed by atoms with Gasteiger partial charge < -0.3 is 9.80 Å². The molecule has 10 heteroatoms. The number of aromatic nitrogens is 2. The standard InChI is InChI=1S/C22H26FN7O2/c1-27-8-10-29(11-9-27)22(32)30(20-5-3-4-19-17(20)13-25-28(19)2)14-16-7-6-15(12-18(16)23)21(31)26-24/h3-7,12-13H,8-11,14,24H2,1-2H3,(H,26,31). The molecule has 0 spiro atoms. The summed E-state index contributed by atoms with van der Waals surface area (Å²) in [7, 11) is 3.85. The van der Waals surface area contributed by atoms with E-state index >= 15 is 0 Å². The van der Waals surface area contributed by atoms with E-state index in [9.17, 15) is 14.0 Å². The van der Waals surface area contributed by atoms with E-state index in [0.29, 0.717) is 24.3 Å². The van der Waals surface area contributed by atoms with Gasteiger partial charge in [-0.3, -0.25) is 19.8 Å². The molecule has 0 saturated carbocycles. The van der Waals surface area contributed by atoms with Gasteiger partial charge >= 0.3 is 6.03 Å². The van der Waals surface area contributed by atoms with Crippen LogP contribution in [0.15, 0.2) is 42.6 Å². The topological polar surface area (TPSA) is 99.7 Å². The lowest BCUT2D eigenvalue weighted by Gasteiger charge is -2.36. The minimum Gasteiger partial charge on any atom is -0.322 e. The second-order valence-electron chi connectivity index (χ2n) is 7.92. The predicted octanol–water partition coefficient (Wildman–Crippen LogP) is 1.69. The van der Waals surface area contributed by atoms with Crippen LogP contribution in [0.2, 0.25) is 0 Å². The lowest BCUT2D eigenvalue weighted by atomic mass is 10.1. The number of piperazine rings is 1. The van der Waals surface area contributed by atoms with E-state index in [1.54, 1.807) is 20.7 Å². The van der Waals surface area contributed by atoms with Crippen molar-refractivity contribution in [2.24, 2.45) is 12.9 Å². The summed E-state index contributed by atoms with van der Waals surface area (Å²) >= 11 is 0. The Hall–Kier alpha value is -3.50. The molecule has 0 unspecified atom stereocenters. The van der Waals surface area contributed by atoms with E-state index in [0.717, 1.165) is 30.1 Å². The number of rotatable bonds is 4. The average Bonchev–Trinajstić information content (AvgIpc) is 3.19. The first-order valence-electron chi connectivity index (χ1n) is 10.3. The number of benzene rings is 2. The third kappa shape index (κ3) is 4.14. The normalized spacial score (nSPS) is 14.6. The van der Waals surface area contributed by atoms with E-state index in [1.807, 2.05) is 37.7 Å². The highest BCUT2D eigenvalue weighted by Crippen LogP contribution is 2.29. The molecule has 0 aliphatic carbocycles. The Bertz CT molecular complexity index is 1150. The van der Waals surface area contributed by atoms with Crippen molar-refractivity contribution in [3.63, 3.8) is 0 Å². The second-order valence-corrected chi connectivity index (χ2v) is 7.92. The van der Waals surface area contributed by atoms with E-state index in [-0.39, 0.29) is 18.1 Å². The molecule has 1 aliphatic heterocycles. The Labute approximate surface area is 185 Å². The number of nitrogens with two attached hydrogens (primary N) is 1. The molecular weight excluding hydrogens is 413 g/mol. The van der Waals surface area contributed by atoms with Crippen LogP contribution in [0.4, 0.5) is 14.9 Å². The molecule has 168 valence electrons. The molecule has 1 aliphatic rings. The van der Waals surface area contributed by atoms with Gasteiger partial charge in [-0.25, -0.2) is 15.0 Å². The number of nitrogen functional groups attached to an aromatic ring is 1. The van der Waals surface area contributed by atoms with E-state index < -0.39 is 11.7 Å². The molecule has 0 atom stereocenters. The predicted molar refractivity (Wildman–Crippen MR) is 119 cm³/mol. The number of hydrazine groups is 1. The van der Waals surface area contributed by atoms with Crippen molar-refractivity contribution in [2.45, 2.75) is 6.54 Å². The van der Waals surface area contributed by atoms with Crippen LogP contribution >= 0.6 is 0 Å². The van der Waals surface area contributed by atoms with Crippen molar-refractivity contribution in [1.82, 2.24) is 25.0 Å². The third-order valence-electron chi connectivity index (χ3n) is 5.84. The number of aryl methyl sites for hydroxylation is 1. The Morgan fingerprint density at radius 3 is 2.59 bits per heavy atom. The number of halogens is 1. The van der Waals surface area contributed by atoms with Crippen molar-refractivity contribution in [1.29, 1.82) is 0 Å². The fourth-order valence-electron chi connectivity index (χ4n) is 3.89. The largest absolute Gasteiger partial charge is 0.324 e. The fraction of sp³-hybridized carbons (Fsp3) is 0.318. The zero-order valence-electron chi connectivity index (χ0n) is 18.1. The summed E-state index contributed by atoms with van der Waals surface area (Å²) in [5, 5.41) is 5.12. The van der Waals surface area contributed by atoms with Crippen molar-refractivity contribution >= 4 is 28.5 Å². The summed E-state index contributed by atoms with van der Waals surface area (Å²) in [6, 6.07) is 9.54. The Morgan fingerprint density at radius 1 is 1.16 bits per heavy atom.